The molecule has 0 unspecified atom stereocenters. The van der Waals surface area contributed by atoms with E-state index in [4.69, 9.17) is 0 Å². The van der Waals surface area contributed by atoms with Crippen LogP contribution >= 0.6 is 0 Å². The summed E-state index contributed by atoms with van der Waals surface area (Å²) in [6.45, 7) is 1.93. The molecule has 2 aromatic carbocycles. The van der Waals surface area contributed by atoms with Gasteiger partial charge in [0.05, 0.1) is 4.92 Å². The van der Waals surface area contributed by atoms with Crippen molar-refractivity contribution in [2.45, 2.75) is 6.92 Å². The highest BCUT2D eigenvalue weighted by Crippen LogP contribution is 2.34. The van der Waals surface area contributed by atoms with Gasteiger partial charge in [-0.2, -0.15) is 4.39 Å². The van der Waals surface area contributed by atoms with Crippen molar-refractivity contribution in [2.24, 2.45) is 0 Å². The Balaban J connectivity index is 2.53. The Morgan fingerprint density at radius 1 is 1.21 bits per heavy atom. The molecule has 19 heavy (non-hydrogen) atoms. The molecular formula is C14H13FN2O2. The van der Waals surface area contributed by atoms with Crippen molar-refractivity contribution in [3.05, 3.63) is 64.0 Å². The van der Waals surface area contributed by atoms with Gasteiger partial charge in [-0.05, 0) is 36.8 Å². The first-order valence-corrected chi connectivity index (χ1v) is 5.74. The Kier molecular flexibility index (Phi) is 3.46. The number of rotatable bonds is 3. The molecule has 98 valence electrons. The van der Waals surface area contributed by atoms with E-state index in [0.717, 1.165) is 17.3 Å². The molecule has 4 nitrogen and oxygen atoms in total. The van der Waals surface area contributed by atoms with Crippen LogP contribution in [0.1, 0.15) is 5.56 Å². The van der Waals surface area contributed by atoms with Crippen LogP contribution in [0.3, 0.4) is 0 Å². The highest BCUT2D eigenvalue weighted by molar-refractivity contribution is 5.72. The van der Waals surface area contributed by atoms with Gasteiger partial charge in [-0.1, -0.05) is 18.2 Å². The van der Waals surface area contributed by atoms with Crippen LogP contribution in [0.25, 0.3) is 0 Å². The molecule has 0 atom stereocenters. The van der Waals surface area contributed by atoms with E-state index in [2.05, 4.69) is 0 Å². The number of nitro groups is 1. The van der Waals surface area contributed by atoms with Gasteiger partial charge in [0.1, 0.15) is 5.69 Å². The lowest BCUT2D eigenvalue weighted by atomic mass is 10.2. The fourth-order valence-corrected chi connectivity index (χ4v) is 1.93. The molecule has 0 aliphatic carbocycles. The van der Waals surface area contributed by atoms with Crippen molar-refractivity contribution >= 4 is 17.1 Å². The number of benzene rings is 2. The summed E-state index contributed by atoms with van der Waals surface area (Å²) in [6.07, 6.45) is 0. The number of halogens is 1. The minimum atomic E-state index is -0.831. The predicted octanol–water partition coefficient (Wildman–Crippen LogP) is 3.81. The summed E-state index contributed by atoms with van der Waals surface area (Å²) in [7, 11) is 1.68. The average molecular weight is 260 g/mol. The topological polar surface area (TPSA) is 46.4 Å². The number of nitrogens with zero attached hydrogens (tertiary/aromatic N) is 2. The van der Waals surface area contributed by atoms with Crippen LogP contribution in [0.15, 0.2) is 42.5 Å². The summed E-state index contributed by atoms with van der Waals surface area (Å²) in [5, 5.41) is 11.0. The number of hydrogen-bond acceptors (Lipinski definition) is 3. The maximum Gasteiger partial charge on any atom is 0.328 e. The first-order chi connectivity index (χ1) is 9.00. The van der Waals surface area contributed by atoms with Crippen LogP contribution in [0.4, 0.5) is 21.5 Å². The minimum absolute atomic E-state index is 0.232. The van der Waals surface area contributed by atoms with Crippen LogP contribution in [-0.4, -0.2) is 12.0 Å². The summed E-state index contributed by atoms with van der Waals surface area (Å²) in [5.41, 5.74) is 1.53. The molecule has 2 aromatic rings. The molecule has 0 aliphatic heterocycles. The van der Waals surface area contributed by atoms with Crippen molar-refractivity contribution < 1.29 is 9.31 Å². The maximum atomic E-state index is 13.6. The number of nitro benzene ring substituents is 1. The second-order valence-electron chi connectivity index (χ2n) is 4.26. The Bertz CT molecular complexity index is 629. The number of hydrogen-bond donors (Lipinski definition) is 0. The van der Waals surface area contributed by atoms with Crippen molar-refractivity contribution in [1.82, 2.24) is 0 Å². The molecule has 0 saturated carbocycles. The monoisotopic (exact) mass is 260 g/mol. The quantitative estimate of drug-likeness (QED) is 0.622. The second kappa shape index (κ2) is 5.06. The van der Waals surface area contributed by atoms with E-state index in [1.807, 2.05) is 31.2 Å². The van der Waals surface area contributed by atoms with Gasteiger partial charge in [-0.3, -0.25) is 10.1 Å². The van der Waals surface area contributed by atoms with Gasteiger partial charge in [0.15, 0.2) is 0 Å². The van der Waals surface area contributed by atoms with Gasteiger partial charge in [-0.15, -0.1) is 0 Å². The molecule has 0 heterocycles. The first-order valence-electron chi connectivity index (χ1n) is 5.74. The summed E-state index contributed by atoms with van der Waals surface area (Å²) in [6, 6.07) is 11.6. The Morgan fingerprint density at radius 3 is 2.53 bits per heavy atom. The van der Waals surface area contributed by atoms with Crippen molar-refractivity contribution in [3.8, 4) is 0 Å². The van der Waals surface area contributed by atoms with E-state index >= 15 is 0 Å². The largest absolute Gasteiger partial charge is 0.339 e. The molecule has 0 N–H and O–H groups in total. The normalized spacial score (nSPS) is 10.3. The van der Waals surface area contributed by atoms with Crippen LogP contribution in [-0.2, 0) is 0 Å². The molecule has 2 rings (SSSR count). The number of aryl methyl sites for hydroxylation is 1. The highest BCUT2D eigenvalue weighted by atomic mass is 19.1. The van der Waals surface area contributed by atoms with Gasteiger partial charge in [0.25, 0.3) is 0 Å². The van der Waals surface area contributed by atoms with Crippen LogP contribution < -0.4 is 4.90 Å². The summed E-state index contributed by atoms with van der Waals surface area (Å²) >= 11 is 0. The lowest BCUT2D eigenvalue weighted by Gasteiger charge is -2.19. The fourth-order valence-electron chi connectivity index (χ4n) is 1.93. The molecular weight excluding hydrogens is 247 g/mol. The third-order valence-corrected chi connectivity index (χ3v) is 2.90. The van der Waals surface area contributed by atoms with E-state index < -0.39 is 16.4 Å². The SMILES string of the molecule is Cc1cccc(N(C)c2cccc(F)c2[N+](=O)[O-])c1. The van der Waals surface area contributed by atoms with Gasteiger partial charge >= 0.3 is 5.69 Å². The molecule has 0 bridgehead atoms. The number of para-hydroxylation sites is 1. The zero-order valence-electron chi connectivity index (χ0n) is 10.6. The summed E-state index contributed by atoms with van der Waals surface area (Å²) < 4.78 is 13.6. The molecule has 0 fully saturated rings. The molecule has 0 spiro atoms. The minimum Gasteiger partial charge on any atom is -0.339 e. The smallest absolute Gasteiger partial charge is 0.328 e. The molecule has 0 aliphatic rings. The zero-order chi connectivity index (χ0) is 14.0. The lowest BCUT2D eigenvalue weighted by Crippen LogP contribution is -2.12. The van der Waals surface area contributed by atoms with Gasteiger partial charge < -0.3 is 4.90 Å². The van der Waals surface area contributed by atoms with E-state index in [0.29, 0.717) is 0 Å². The van der Waals surface area contributed by atoms with E-state index in [9.17, 15) is 14.5 Å². The molecule has 0 radical (unpaired) electrons. The van der Waals surface area contributed by atoms with Crippen LogP contribution in [0.5, 0.6) is 0 Å². The van der Waals surface area contributed by atoms with Gasteiger partial charge in [0.2, 0.25) is 5.82 Å². The van der Waals surface area contributed by atoms with E-state index in [-0.39, 0.29) is 5.69 Å². The Hall–Kier alpha value is -2.43. The Morgan fingerprint density at radius 2 is 1.89 bits per heavy atom. The van der Waals surface area contributed by atoms with E-state index in [1.165, 1.54) is 12.1 Å². The Labute approximate surface area is 110 Å². The van der Waals surface area contributed by atoms with Crippen LogP contribution in [0, 0.1) is 22.9 Å². The lowest BCUT2D eigenvalue weighted by molar-refractivity contribution is -0.386. The molecule has 0 saturated heterocycles. The van der Waals surface area contributed by atoms with Gasteiger partial charge in [0, 0.05) is 12.7 Å². The third kappa shape index (κ3) is 2.54. The van der Waals surface area contributed by atoms with Crippen LogP contribution in [0.2, 0.25) is 0 Å². The number of anilines is 2. The molecule has 5 heteroatoms. The first kappa shape index (κ1) is 13.0. The second-order valence-corrected chi connectivity index (χ2v) is 4.26. The summed E-state index contributed by atoms with van der Waals surface area (Å²) in [4.78, 5) is 11.9. The predicted molar refractivity (Wildman–Crippen MR) is 72.3 cm³/mol. The standard InChI is InChI=1S/C14H13FN2O2/c1-10-5-3-6-11(9-10)16(2)13-8-4-7-12(15)14(13)17(18)19/h3-9H,1-2H3. The van der Waals surface area contributed by atoms with Crippen molar-refractivity contribution in [2.75, 3.05) is 11.9 Å². The van der Waals surface area contributed by atoms with Gasteiger partial charge in [-0.25, -0.2) is 0 Å². The highest BCUT2D eigenvalue weighted by Gasteiger charge is 2.22. The van der Waals surface area contributed by atoms with E-state index in [1.54, 1.807) is 11.9 Å². The fraction of sp³-hybridized carbons (Fsp3) is 0.143. The third-order valence-electron chi connectivity index (χ3n) is 2.90. The summed E-state index contributed by atoms with van der Waals surface area (Å²) in [5.74, 6) is -0.831. The van der Waals surface area contributed by atoms with Crippen molar-refractivity contribution in [3.63, 3.8) is 0 Å². The average Bonchev–Trinajstić information content (AvgIpc) is 2.37. The zero-order valence-corrected chi connectivity index (χ0v) is 10.6. The van der Waals surface area contributed by atoms with Crippen molar-refractivity contribution in [1.29, 1.82) is 0 Å². The molecule has 0 aromatic heterocycles. The molecule has 0 amide bonds. The maximum absolute atomic E-state index is 13.6.